The summed E-state index contributed by atoms with van der Waals surface area (Å²) in [6, 6.07) is 12.2. The molecular weight excluding hydrogens is 378 g/mol. The molecule has 0 fully saturated rings. The first-order valence-corrected chi connectivity index (χ1v) is 8.74. The fourth-order valence-corrected chi connectivity index (χ4v) is 2.64. The van der Waals surface area contributed by atoms with Gasteiger partial charge in [0.1, 0.15) is 11.5 Å². The summed E-state index contributed by atoms with van der Waals surface area (Å²) in [6.07, 6.45) is 0.623. The van der Waals surface area contributed by atoms with E-state index in [1.165, 1.54) is 55.3 Å². The Hall–Kier alpha value is -3.88. The van der Waals surface area contributed by atoms with Crippen molar-refractivity contribution in [2.45, 2.75) is 13.3 Å². The van der Waals surface area contributed by atoms with Crippen LogP contribution in [0.1, 0.15) is 23.0 Å². The van der Waals surface area contributed by atoms with E-state index in [-0.39, 0.29) is 17.1 Å². The van der Waals surface area contributed by atoms with Crippen molar-refractivity contribution in [1.82, 2.24) is 9.78 Å². The fraction of sp³-hybridized carbons (Fsp3) is 0.200. The lowest BCUT2D eigenvalue weighted by molar-refractivity contribution is -0.384. The van der Waals surface area contributed by atoms with Crippen LogP contribution in [0.15, 0.2) is 48.5 Å². The summed E-state index contributed by atoms with van der Waals surface area (Å²) in [4.78, 5) is 23.1. The average molecular weight is 397 g/mol. The van der Waals surface area contributed by atoms with E-state index in [0.717, 1.165) is 0 Å². The number of nitrogens with zero attached hydrogens (tertiary/aromatic N) is 3. The Labute approximate surface area is 166 Å². The van der Waals surface area contributed by atoms with Gasteiger partial charge >= 0.3 is 5.97 Å². The fourth-order valence-electron chi connectivity index (χ4n) is 2.64. The van der Waals surface area contributed by atoms with E-state index in [1.54, 1.807) is 12.1 Å². The van der Waals surface area contributed by atoms with Crippen LogP contribution in [0.5, 0.6) is 17.4 Å². The zero-order valence-electron chi connectivity index (χ0n) is 16.1. The predicted octanol–water partition coefficient (Wildman–Crippen LogP) is 3.58. The Morgan fingerprint density at radius 3 is 2.21 bits per heavy atom. The number of nitro groups is 1. The van der Waals surface area contributed by atoms with E-state index in [9.17, 15) is 14.9 Å². The van der Waals surface area contributed by atoms with Crippen molar-refractivity contribution in [3.8, 4) is 23.1 Å². The van der Waals surface area contributed by atoms with Gasteiger partial charge in [-0.15, -0.1) is 0 Å². The summed E-state index contributed by atoms with van der Waals surface area (Å²) in [5.41, 5.74) is 1.44. The highest BCUT2D eigenvalue weighted by Crippen LogP contribution is 2.26. The first-order valence-electron chi connectivity index (χ1n) is 8.74. The van der Waals surface area contributed by atoms with E-state index in [2.05, 4.69) is 5.10 Å². The number of benzene rings is 2. The van der Waals surface area contributed by atoms with Gasteiger partial charge in [-0.05, 0) is 30.7 Å². The van der Waals surface area contributed by atoms with Crippen LogP contribution in [-0.4, -0.2) is 34.9 Å². The molecular formula is C20H19N3O6. The molecule has 1 heterocycles. The van der Waals surface area contributed by atoms with E-state index >= 15 is 0 Å². The minimum Gasteiger partial charge on any atom is -0.497 e. The Balaban J connectivity index is 1.94. The smallest absolute Gasteiger partial charge is 0.345 e. The van der Waals surface area contributed by atoms with Gasteiger partial charge in [0, 0.05) is 24.3 Å². The van der Waals surface area contributed by atoms with Gasteiger partial charge in [-0.1, -0.05) is 6.92 Å². The number of ether oxygens (including phenoxy) is 3. The molecule has 0 N–H and O–H groups in total. The Bertz CT molecular complexity index is 1020. The molecule has 0 saturated heterocycles. The molecule has 0 atom stereocenters. The number of hydrogen-bond acceptors (Lipinski definition) is 7. The Morgan fingerprint density at radius 1 is 1.07 bits per heavy atom. The van der Waals surface area contributed by atoms with Crippen LogP contribution in [0.25, 0.3) is 5.69 Å². The lowest BCUT2D eigenvalue weighted by atomic mass is 10.2. The summed E-state index contributed by atoms with van der Waals surface area (Å²) >= 11 is 0. The van der Waals surface area contributed by atoms with Gasteiger partial charge < -0.3 is 14.2 Å². The molecule has 9 heteroatoms. The molecule has 1 aromatic heterocycles. The van der Waals surface area contributed by atoms with Crippen molar-refractivity contribution in [1.29, 1.82) is 0 Å². The molecule has 0 radical (unpaired) electrons. The average Bonchev–Trinajstić information content (AvgIpc) is 3.16. The molecule has 3 rings (SSSR count). The lowest BCUT2D eigenvalue weighted by Crippen LogP contribution is -2.12. The highest BCUT2D eigenvalue weighted by atomic mass is 16.6. The SMILES string of the molecule is CCc1cc(OC(=O)c2cc(OC)cc(OC)c2)n(-c2ccc([N+](=O)[O-])cc2)n1. The molecule has 0 aliphatic carbocycles. The van der Waals surface area contributed by atoms with Crippen molar-refractivity contribution in [2.75, 3.05) is 14.2 Å². The van der Waals surface area contributed by atoms with Crippen LogP contribution in [0.2, 0.25) is 0 Å². The molecule has 2 aromatic carbocycles. The van der Waals surface area contributed by atoms with Gasteiger partial charge in [-0.2, -0.15) is 5.10 Å². The first kappa shape index (κ1) is 19.9. The number of aromatic nitrogens is 2. The quantitative estimate of drug-likeness (QED) is 0.341. The summed E-state index contributed by atoms with van der Waals surface area (Å²) in [6.45, 7) is 1.92. The van der Waals surface area contributed by atoms with Crippen molar-refractivity contribution in [3.05, 3.63) is 69.9 Å². The minimum absolute atomic E-state index is 0.0429. The second-order valence-electron chi connectivity index (χ2n) is 6.00. The van der Waals surface area contributed by atoms with Crippen molar-refractivity contribution >= 4 is 11.7 Å². The van der Waals surface area contributed by atoms with Gasteiger partial charge in [-0.3, -0.25) is 10.1 Å². The molecule has 0 amide bonds. The number of aryl methyl sites for hydroxylation is 1. The molecule has 9 nitrogen and oxygen atoms in total. The van der Waals surface area contributed by atoms with Crippen LogP contribution < -0.4 is 14.2 Å². The molecule has 150 valence electrons. The van der Waals surface area contributed by atoms with Crippen LogP contribution in [0.4, 0.5) is 5.69 Å². The summed E-state index contributed by atoms with van der Waals surface area (Å²) in [5, 5.41) is 15.3. The number of nitro benzene ring substituents is 1. The van der Waals surface area contributed by atoms with Gasteiger partial charge in [0.05, 0.1) is 36.1 Å². The number of methoxy groups -OCH3 is 2. The minimum atomic E-state index is -0.618. The van der Waals surface area contributed by atoms with Gasteiger partial charge in [0.2, 0.25) is 5.88 Å². The van der Waals surface area contributed by atoms with Gasteiger partial charge in [0.25, 0.3) is 5.69 Å². The number of hydrogen-bond donors (Lipinski definition) is 0. The highest BCUT2D eigenvalue weighted by molar-refractivity contribution is 5.92. The maximum Gasteiger partial charge on any atom is 0.345 e. The van der Waals surface area contributed by atoms with Crippen LogP contribution in [-0.2, 0) is 6.42 Å². The van der Waals surface area contributed by atoms with Crippen molar-refractivity contribution < 1.29 is 23.9 Å². The van der Waals surface area contributed by atoms with Crippen LogP contribution in [0, 0.1) is 10.1 Å². The van der Waals surface area contributed by atoms with Crippen molar-refractivity contribution in [3.63, 3.8) is 0 Å². The molecule has 0 aliphatic rings. The monoisotopic (exact) mass is 397 g/mol. The van der Waals surface area contributed by atoms with E-state index in [0.29, 0.717) is 29.3 Å². The molecule has 0 unspecified atom stereocenters. The molecule has 0 bridgehead atoms. The molecule has 3 aromatic rings. The topological polar surface area (TPSA) is 106 Å². The number of carbonyl (C=O) groups is 1. The third-order valence-electron chi connectivity index (χ3n) is 4.18. The van der Waals surface area contributed by atoms with Crippen LogP contribution >= 0.6 is 0 Å². The number of non-ortho nitro benzene ring substituents is 1. The standard InChI is InChI=1S/C20H19N3O6/c1-4-14-11-19(22(21-14)15-5-7-16(8-6-15)23(25)26)29-20(24)13-9-17(27-2)12-18(10-13)28-3/h5-12H,4H2,1-3H3. The first-order chi connectivity index (χ1) is 13.9. The highest BCUT2D eigenvalue weighted by Gasteiger charge is 2.18. The van der Waals surface area contributed by atoms with E-state index < -0.39 is 10.9 Å². The zero-order chi connectivity index (χ0) is 21.0. The molecule has 0 saturated carbocycles. The summed E-state index contributed by atoms with van der Waals surface area (Å²) in [7, 11) is 2.97. The number of rotatable bonds is 7. The Kier molecular flexibility index (Phi) is 5.77. The second-order valence-corrected chi connectivity index (χ2v) is 6.00. The van der Waals surface area contributed by atoms with Crippen LogP contribution in [0.3, 0.4) is 0 Å². The summed E-state index contributed by atoms with van der Waals surface area (Å²) < 4.78 is 17.4. The molecule has 29 heavy (non-hydrogen) atoms. The maximum absolute atomic E-state index is 12.7. The van der Waals surface area contributed by atoms with E-state index in [1.807, 2.05) is 6.92 Å². The van der Waals surface area contributed by atoms with E-state index in [4.69, 9.17) is 14.2 Å². The Morgan fingerprint density at radius 2 is 1.69 bits per heavy atom. The number of carbonyl (C=O) groups excluding carboxylic acids is 1. The maximum atomic E-state index is 12.7. The number of esters is 1. The summed E-state index contributed by atoms with van der Waals surface area (Å²) in [5.74, 6) is 0.485. The molecule has 0 spiro atoms. The van der Waals surface area contributed by atoms with Crippen molar-refractivity contribution in [2.24, 2.45) is 0 Å². The third kappa shape index (κ3) is 4.34. The van der Waals surface area contributed by atoms with Gasteiger partial charge in [0.15, 0.2) is 0 Å². The largest absolute Gasteiger partial charge is 0.497 e. The predicted molar refractivity (Wildman–Crippen MR) is 104 cm³/mol. The zero-order valence-corrected chi connectivity index (χ0v) is 16.1. The second kappa shape index (κ2) is 8.42. The van der Waals surface area contributed by atoms with Gasteiger partial charge in [-0.25, -0.2) is 9.48 Å². The lowest BCUT2D eigenvalue weighted by Gasteiger charge is -2.10. The molecule has 0 aliphatic heterocycles. The normalized spacial score (nSPS) is 10.4. The third-order valence-corrected chi connectivity index (χ3v) is 4.18.